The van der Waals surface area contributed by atoms with Gasteiger partial charge in [-0.3, -0.25) is 4.40 Å². The summed E-state index contributed by atoms with van der Waals surface area (Å²) in [7, 11) is -4.11. The summed E-state index contributed by atoms with van der Waals surface area (Å²) >= 11 is 0. The first-order chi connectivity index (χ1) is 14.2. The van der Waals surface area contributed by atoms with E-state index in [1.807, 2.05) is 0 Å². The molecule has 3 aliphatic rings. The fraction of sp³-hybridized carbons (Fsp3) is 0.350. The average Bonchev–Trinajstić information content (AvgIpc) is 3.33. The number of halogens is 1. The van der Waals surface area contributed by atoms with Crippen LogP contribution in [0, 0.1) is 29.5 Å². The van der Waals surface area contributed by atoms with E-state index in [-0.39, 0.29) is 5.82 Å². The molecule has 10 heteroatoms. The standard InChI is InChI=1S/C20H19FN6O2S/c1-12-8-27-15(7-24-18(27)17(23)25-12)13-2-3-14(21)16(6-13)30(28,29)26-20-5-4-19(9-20,10-20)11-22/h2-3,6-8,26H,4-5,9-10H2,1H3,(H2,23,25). The van der Waals surface area contributed by atoms with Crippen LogP contribution in [0.5, 0.6) is 0 Å². The van der Waals surface area contributed by atoms with Crippen LogP contribution < -0.4 is 10.5 Å². The van der Waals surface area contributed by atoms with E-state index in [9.17, 15) is 18.1 Å². The molecule has 0 aliphatic heterocycles. The normalized spacial score (nSPS) is 25.2. The Bertz CT molecular complexity index is 1350. The SMILES string of the molecule is Cc1cn2c(-c3ccc(F)c(S(=O)(=O)NC45CCC(C#N)(C4)C5)c3)cnc2c(N)n1. The second kappa shape index (κ2) is 6.00. The van der Waals surface area contributed by atoms with Crippen molar-refractivity contribution in [3.05, 3.63) is 42.1 Å². The van der Waals surface area contributed by atoms with Crippen molar-refractivity contribution in [2.45, 2.75) is 43.0 Å². The van der Waals surface area contributed by atoms with E-state index in [0.717, 1.165) is 6.07 Å². The molecule has 3 N–H and O–H groups in total. The number of benzene rings is 1. The van der Waals surface area contributed by atoms with Crippen LogP contribution in [0.4, 0.5) is 10.2 Å². The minimum absolute atomic E-state index is 0.254. The van der Waals surface area contributed by atoms with Crippen LogP contribution in [0.2, 0.25) is 0 Å². The van der Waals surface area contributed by atoms with E-state index in [1.165, 1.54) is 12.1 Å². The summed E-state index contributed by atoms with van der Waals surface area (Å²) in [6, 6.07) is 6.22. The predicted octanol–water partition coefficient (Wildman–Crippen LogP) is 2.54. The maximum atomic E-state index is 14.6. The molecular formula is C20H19FN6O2S. The molecule has 0 spiro atoms. The van der Waals surface area contributed by atoms with Crippen molar-refractivity contribution in [2.75, 3.05) is 5.73 Å². The number of anilines is 1. The Morgan fingerprint density at radius 3 is 2.80 bits per heavy atom. The Hall–Kier alpha value is -3.03. The zero-order chi connectivity index (χ0) is 21.3. The lowest BCUT2D eigenvalue weighted by Gasteiger charge is -2.43. The number of nitrogens with two attached hydrogens (primary N) is 1. The van der Waals surface area contributed by atoms with Crippen LogP contribution in [0.25, 0.3) is 16.9 Å². The molecule has 3 fully saturated rings. The van der Waals surface area contributed by atoms with Crippen molar-refractivity contribution >= 4 is 21.5 Å². The number of rotatable bonds is 4. The first kappa shape index (κ1) is 19.0. The van der Waals surface area contributed by atoms with Gasteiger partial charge in [-0.25, -0.2) is 27.5 Å². The maximum absolute atomic E-state index is 14.6. The highest BCUT2D eigenvalue weighted by Crippen LogP contribution is 2.61. The van der Waals surface area contributed by atoms with Crippen molar-refractivity contribution in [3.8, 4) is 17.3 Å². The number of aryl methyl sites for hydroxylation is 1. The molecule has 30 heavy (non-hydrogen) atoms. The molecule has 3 aliphatic carbocycles. The van der Waals surface area contributed by atoms with Gasteiger partial charge in [0.25, 0.3) is 0 Å². The summed E-state index contributed by atoms with van der Waals surface area (Å²) in [4.78, 5) is 7.99. The number of imidazole rings is 1. The number of hydrogen-bond donors (Lipinski definition) is 2. The number of aromatic nitrogens is 3. The third-order valence-electron chi connectivity index (χ3n) is 6.18. The zero-order valence-electron chi connectivity index (χ0n) is 16.2. The molecule has 2 heterocycles. The van der Waals surface area contributed by atoms with Crippen molar-refractivity contribution < 1.29 is 12.8 Å². The van der Waals surface area contributed by atoms with Gasteiger partial charge >= 0.3 is 0 Å². The minimum Gasteiger partial charge on any atom is -0.381 e. The summed E-state index contributed by atoms with van der Waals surface area (Å²) in [5.41, 5.74) is 6.99. The number of nitriles is 1. The molecule has 2 bridgehead atoms. The van der Waals surface area contributed by atoms with Gasteiger partial charge in [-0.15, -0.1) is 0 Å². The minimum atomic E-state index is -4.11. The first-order valence-electron chi connectivity index (χ1n) is 9.51. The van der Waals surface area contributed by atoms with Crippen LogP contribution in [0.15, 0.2) is 35.5 Å². The smallest absolute Gasteiger partial charge is 0.244 e. The number of nitrogens with zero attached hydrogens (tertiary/aromatic N) is 4. The van der Waals surface area contributed by atoms with Crippen molar-refractivity contribution in [1.29, 1.82) is 5.26 Å². The Kier molecular flexibility index (Phi) is 3.79. The fourth-order valence-electron chi connectivity index (χ4n) is 4.89. The monoisotopic (exact) mass is 426 g/mol. The second-order valence-electron chi connectivity index (χ2n) is 8.38. The van der Waals surface area contributed by atoms with Gasteiger partial charge in [-0.05, 0) is 50.8 Å². The largest absolute Gasteiger partial charge is 0.381 e. The molecular weight excluding hydrogens is 407 g/mol. The van der Waals surface area contributed by atoms with Gasteiger partial charge in [0, 0.05) is 17.3 Å². The van der Waals surface area contributed by atoms with Gasteiger partial charge in [0.2, 0.25) is 10.0 Å². The predicted molar refractivity (Wildman–Crippen MR) is 107 cm³/mol. The second-order valence-corrected chi connectivity index (χ2v) is 10.0. The molecule has 6 rings (SSSR count). The van der Waals surface area contributed by atoms with Gasteiger partial charge in [-0.2, -0.15) is 5.26 Å². The maximum Gasteiger partial charge on any atom is 0.244 e. The van der Waals surface area contributed by atoms with E-state index >= 15 is 0 Å². The lowest BCUT2D eigenvalue weighted by Crippen LogP contribution is -2.55. The quantitative estimate of drug-likeness (QED) is 0.660. The summed E-state index contributed by atoms with van der Waals surface area (Å²) in [5.74, 6) is -0.582. The third kappa shape index (κ3) is 2.69. The molecule has 8 nitrogen and oxygen atoms in total. The van der Waals surface area contributed by atoms with Crippen LogP contribution in [0.3, 0.4) is 0 Å². The summed E-state index contributed by atoms with van der Waals surface area (Å²) in [6.07, 6.45) is 5.46. The fourth-order valence-corrected chi connectivity index (χ4v) is 6.43. The highest BCUT2D eigenvalue weighted by atomic mass is 32.2. The molecule has 3 aromatic rings. The molecule has 0 atom stereocenters. The Morgan fingerprint density at radius 1 is 1.33 bits per heavy atom. The molecule has 0 radical (unpaired) electrons. The van der Waals surface area contributed by atoms with Crippen LogP contribution in [0.1, 0.15) is 31.4 Å². The Morgan fingerprint density at radius 2 is 2.10 bits per heavy atom. The Labute approximate surface area is 172 Å². The Balaban J connectivity index is 1.54. The molecule has 2 aromatic heterocycles. The van der Waals surface area contributed by atoms with E-state index in [1.54, 1.807) is 23.7 Å². The molecule has 3 saturated carbocycles. The third-order valence-corrected chi connectivity index (χ3v) is 7.77. The molecule has 154 valence electrons. The van der Waals surface area contributed by atoms with Crippen LogP contribution in [-0.4, -0.2) is 28.3 Å². The number of fused-ring (bicyclic) bond motifs is 2. The molecule has 1 aromatic carbocycles. The molecule has 0 amide bonds. The number of nitrogen functional groups attached to an aromatic ring is 1. The van der Waals surface area contributed by atoms with E-state index in [4.69, 9.17) is 5.73 Å². The van der Waals surface area contributed by atoms with Crippen molar-refractivity contribution in [2.24, 2.45) is 5.41 Å². The first-order valence-corrected chi connectivity index (χ1v) is 11.0. The average molecular weight is 426 g/mol. The van der Waals surface area contributed by atoms with Gasteiger partial charge in [0.15, 0.2) is 11.5 Å². The zero-order valence-corrected chi connectivity index (χ0v) is 17.0. The lowest BCUT2D eigenvalue weighted by atomic mass is 9.66. The van der Waals surface area contributed by atoms with Gasteiger partial charge in [0.1, 0.15) is 10.7 Å². The van der Waals surface area contributed by atoms with Gasteiger partial charge in [-0.1, -0.05) is 0 Å². The number of nitrogens with one attached hydrogen (secondary N) is 1. The molecule has 0 unspecified atom stereocenters. The van der Waals surface area contributed by atoms with E-state index in [2.05, 4.69) is 20.8 Å². The van der Waals surface area contributed by atoms with Crippen LogP contribution >= 0.6 is 0 Å². The summed E-state index contributed by atoms with van der Waals surface area (Å²) in [6.45, 7) is 1.78. The van der Waals surface area contributed by atoms with Crippen LogP contribution in [-0.2, 0) is 10.0 Å². The highest BCUT2D eigenvalue weighted by molar-refractivity contribution is 7.89. The van der Waals surface area contributed by atoms with Gasteiger partial charge in [0.05, 0.1) is 29.1 Å². The van der Waals surface area contributed by atoms with Crippen molar-refractivity contribution in [3.63, 3.8) is 0 Å². The van der Waals surface area contributed by atoms with Crippen molar-refractivity contribution in [1.82, 2.24) is 19.1 Å². The highest BCUT2D eigenvalue weighted by Gasteiger charge is 2.62. The summed E-state index contributed by atoms with van der Waals surface area (Å²) in [5, 5.41) is 9.30. The number of hydrogen-bond acceptors (Lipinski definition) is 6. The lowest BCUT2D eigenvalue weighted by molar-refractivity contribution is 0.161. The topological polar surface area (TPSA) is 126 Å². The van der Waals surface area contributed by atoms with E-state index in [0.29, 0.717) is 48.3 Å². The molecule has 0 saturated heterocycles. The van der Waals surface area contributed by atoms with E-state index < -0.39 is 31.7 Å². The van der Waals surface area contributed by atoms with Gasteiger partial charge < -0.3 is 5.73 Å². The summed E-state index contributed by atoms with van der Waals surface area (Å²) < 4.78 is 45.0. The number of sulfonamides is 1.